The first-order valence-corrected chi connectivity index (χ1v) is 12.3. The smallest absolute Gasteiger partial charge is 0.354 e. The van der Waals surface area contributed by atoms with Crippen LogP contribution in [-0.4, -0.2) is 65.8 Å². The van der Waals surface area contributed by atoms with Gasteiger partial charge in [0, 0.05) is 62.6 Å². The highest BCUT2D eigenvalue weighted by atomic mass is 19.4. The quantitative estimate of drug-likeness (QED) is 0.606. The number of halogens is 3. The highest BCUT2D eigenvalue weighted by Gasteiger charge is 2.36. The van der Waals surface area contributed by atoms with Crippen LogP contribution in [0.4, 0.5) is 24.7 Å². The lowest BCUT2D eigenvalue weighted by Crippen LogP contribution is -2.47. The van der Waals surface area contributed by atoms with Crippen molar-refractivity contribution in [1.82, 2.24) is 14.9 Å². The van der Waals surface area contributed by atoms with E-state index in [1.807, 2.05) is 23.1 Å². The minimum absolute atomic E-state index is 0.00871. The average molecular weight is 504 g/mol. The van der Waals surface area contributed by atoms with E-state index in [0.29, 0.717) is 49.8 Å². The van der Waals surface area contributed by atoms with Crippen LogP contribution in [0.15, 0.2) is 30.3 Å². The molecule has 2 aromatic rings. The van der Waals surface area contributed by atoms with E-state index >= 15 is 0 Å². The maximum absolute atomic E-state index is 13.5. The van der Waals surface area contributed by atoms with E-state index in [1.54, 1.807) is 31.7 Å². The molecule has 0 N–H and O–H groups in total. The van der Waals surface area contributed by atoms with Crippen LogP contribution in [0.3, 0.4) is 0 Å². The van der Waals surface area contributed by atoms with Crippen LogP contribution in [-0.2, 0) is 16.4 Å². The van der Waals surface area contributed by atoms with Gasteiger partial charge < -0.3 is 9.80 Å². The predicted octanol–water partition coefficient (Wildman–Crippen LogP) is 4.31. The van der Waals surface area contributed by atoms with Gasteiger partial charge in [-0.05, 0) is 25.1 Å². The van der Waals surface area contributed by atoms with Crippen molar-refractivity contribution < 1.29 is 22.8 Å². The molecule has 0 unspecified atom stereocenters. The third-order valence-electron chi connectivity index (χ3n) is 6.59. The molecule has 0 bridgehead atoms. The van der Waals surface area contributed by atoms with Crippen molar-refractivity contribution in [1.29, 1.82) is 0 Å². The second kappa shape index (κ2) is 10.2. The highest BCUT2D eigenvalue weighted by molar-refractivity contribution is 6.10. The fraction of sp³-hybridized carbons (Fsp3) is 0.538. The normalized spacial score (nSPS) is 17.8. The molecular formula is C26H32F3N5O2. The first-order chi connectivity index (χ1) is 16.9. The largest absolute Gasteiger partial charge is 0.433 e. The van der Waals surface area contributed by atoms with Crippen LogP contribution in [0.25, 0.3) is 0 Å². The van der Waals surface area contributed by atoms with E-state index in [4.69, 9.17) is 0 Å². The fourth-order valence-electron chi connectivity index (χ4n) is 4.54. The van der Waals surface area contributed by atoms with Crippen molar-refractivity contribution in [3.05, 3.63) is 47.4 Å². The van der Waals surface area contributed by atoms with Crippen LogP contribution in [0.1, 0.15) is 61.9 Å². The molecule has 1 saturated heterocycles. The molecule has 2 aliphatic rings. The average Bonchev–Trinajstić information content (AvgIpc) is 2.95. The number of amides is 1. The Morgan fingerprint density at radius 2 is 1.61 bits per heavy atom. The number of piperazine rings is 1. The van der Waals surface area contributed by atoms with Gasteiger partial charge in [0.2, 0.25) is 5.91 Å². The number of carbonyl (C=O) groups is 2. The Hall–Kier alpha value is -3.01. The van der Waals surface area contributed by atoms with Crippen molar-refractivity contribution in [2.24, 2.45) is 0 Å². The van der Waals surface area contributed by atoms with Gasteiger partial charge in [-0.1, -0.05) is 32.9 Å². The number of para-hydroxylation sites is 1. The zero-order valence-electron chi connectivity index (χ0n) is 20.9. The van der Waals surface area contributed by atoms with E-state index in [1.165, 1.54) is 0 Å². The number of anilines is 2. The summed E-state index contributed by atoms with van der Waals surface area (Å²) >= 11 is 0. The molecule has 7 nitrogen and oxygen atoms in total. The maximum atomic E-state index is 13.5. The predicted molar refractivity (Wildman–Crippen MR) is 131 cm³/mol. The molecule has 4 rings (SSSR count). The lowest BCUT2D eigenvalue weighted by molar-refractivity contribution is -0.141. The van der Waals surface area contributed by atoms with Crippen LogP contribution in [0, 0.1) is 0 Å². The molecule has 1 aromatic heterocycles. The van der Waals surface area contributed by atoms with Crippen molar-refractivity contribution in [3.63, 3.8) is 0 Å². The van der Waals surface area contributed by atoms with Gasteiger partial charge in [-0.25, -0.2) is 9.97 Å². The number of ketones is 1. The standard InChI is InChI=1S/C26H32F3N5O2/c1-25(2,3)24-30-21(26(27,28)29)17-22(31-24)33-15-13-32(14-16-33)11-6-12-34-19-8-5-4-7-18(19)20(35)9-10-23(34)36/h4-5,7-8,17H,6,9-16H2,1-3H3. The number of alkyl halides is 3. The summed E-state index contributed by atoms with van der Waals surface area (Å²) in [5, 5.41) is 0. The molecule has 36 heavy (non-hydrogen) atoms. The van der Waals surface area contributed by atoms with Gasteiger partial charge in [-0.15, -0.1) is 0 Å². The van der Waals surface area contributed by atoms with Crippen molar-refractivity contribution in [3.8, 4) is 0 Å². The highest BCUT2D eigenvalue weighted by Crippen LogP contribution is 2.32. The first-order valence-electron chi connectivity index (χ1n) is 12.3. The van der Waals surface area contributed by atoms with Crippen molar-refractivity contribution in [2.45, 2.75) is 51.6 Å². The van der Waals surface area contributed by atoms with E-state index < -0.39 is 17.3 Å². The Kier molecular flexibility index (Phi) is 7.36. The summed E-state index contributed by atoms with van der Waals surface area (Å²) in [5.74, 6) is 0.427. The monoisotopic (exact) mass is 503 g/mol. The van der Waals surface area contributed by atoms with E-state index in [9.17, 15) is 22.8 Å². The third kappa shape index (κ3) is 5.86. The van der Waals surface area contributed by atoms with Gasteiger partial charge >= 0.3 is 6.18 Å². The Labute approximate surface area is 209 Å². The Bertz CT molecular complexity index is 1090. The molecular weight excluding hydrogens is 471 g/mol. The number of hydrogen-bond acceptors (Lipinski definition) is 6. The number of benzene rings is 1. The SMILES string of the molecule is CC(C)(C)c1nc(N2CCN(CCCN3C(=O)CCC(=O)c4ccccc43)CC2)cc(C(F)(F)F)n1. The van der Waals surface area contributed by atoms with Crippen LogP contribution < -0.4 is 9.80 Å². The van der Waals surface area contributed by atoms with E-state index in [2.05, 4.69) is 14.9 Å². The molecule has 1 fully saturated rings. The molecule has 0 spiro atoms. The van der Waals surface area contributed by atoms with Gasteiger partial charge in [0.1, 0.15) is 17.3 Å². The number of rotatable bonds is 5. The topological polar surface area (TPSA) is 69.6 Å². The number of fused-ring (bicyclic) bond motifs is 1. The van der Waals surface area contributed by atoms with Gasteiger partial charge in [-0.3, -0.25) is 14.5 Å². The number of aromatic nitrogens is 2. The first kappa shape index (κ1) is 26.1. The Balaban J connectivity index is 1.37. The summed E-state index contributed by atoms with van der Waals surface area (Å²) < 4.78 is 40.4. The summed E-state index contributed by atoms with van der Waals surface area (Å²) in [5.41, 5.74) is -0.254. The molecule has 0 saturated carbocycles. The summed E-state index contributed by atoms with van der Waals surface area (Å²) in [6, 6.07) is 8.26. The number of nitrogens with zero attached hydrogens (tertiary/aromatic N) is 5. The second-order valence-corrected chi connectivity index (χ2v) is 10.4. The van der Waals surface area contributed by atoms with Gasteiger partial charge in [-0.2, -0.15) is 13.2 Å². The molecule has 0 radical (unpaired) electrons. The summed E-state index contributed by atoms with van der Waals surface area (Å²) in [7, 11) is 0. The summed E-state index contributed by atoms with van der Waals surface area (Å²) in [6.45, 7) is 9.13. The molecule has 0 atom stereocenters. The lowest BCUT2D eigenvalue weighted by atomic mass is 9.95. The third-order valence-corrected chi connectivity index (χ3v) is 6.59. The summed E-state index contributed by atoms with van der Waals surface area (Å²) in [4.78, 5) is 39.1. The van der Waals surface area contributed by atoms with Crippen LogP contribution in [0.5, 0.6) is 0 Å². The van der Waals surface area contributed by atoms with Crippen molar-refractivity contribution in [2.75, 3.05) is 49.1 Å². The summed E-state index contributed by atoms with van der Waals surface area (Å²) in [6.07, 6.45) is -3.37. The zero-order chi connectivity index (χ0) is 26.1. The molecule has 194 valence electrons. The van der Waals surface area contributed by atoms with Crippen LogP contribution in [0.2, 0.25) is 0 Å². The molecule has 2 aliphatic heterocycles. The number of Topliss-reactive ketones (excluding diaryl/α,β-unsaturated/α-hetero) is 1. The van der Waals surface area contributed by atoms with Crippen molar-refractivity contribution >= 4 is 23.2 Å². The van der Waals surface area contributed by atoms with Gasteiger partial charge in [0.25, 0.3) is 0 Å². The minimum Gasteiger partial charge on any atom is -0.354 e. The van der Waals surface area contributed by atoms with Crippen LogP contribution >= 0.6 is 0 Å². The van der Waals surface area contributed by atoms with Gasteiger partial charge in [0.15, 0.2) is 5.78 Å². The molecule has 3 heterocycles. The fourth-order valence-corrected chi connectivity index (χ4v) is 4.54. The molecule has 1 aromatic carbocycles. The molecule has 0 aliphatic carbocycles. The Morgan fingerprint density at radius 1 is 0.917 bits per heavy atom. The second-order valence-electron chi connectivity index (χ2n) is 10.4. The molecule has 1 amide bonds. The molecule has 10 heteroatoms. The minimum atomic E-state index is -4.53. The Morgan fingerprint density at radius 3 is 2.28 bits per heavy atom. The van der Waals surface area contributed by atoms with E-state index in [-0.39, 0.29) is 30.4 Å². The number of carbonyl (C=O) groups excluding carboxylic acids is 2. The lowest BCUT2D eigenvalue weighted by Gasteiger charge is -2.36. The zero-order valence-corrected chi connectivity index (χ0v) is 20.9. The van der Waals surface area contributed by atoms with E-state index in [0.717, 1.165) is 19.0 Å². The maximum Gasteiger partial charge on any atom is 0.433 e. The van der Waals surface area contributed by atoms with Gasteiger partial charge in [0.05, 0.1) is 5.69 Å². The number of hydrogen-bond donors (Lipinski definition) is 0.